The molecule has 0 bridgehead atoms. The van der Waals surface area contributed by atoms with Crippen LogP contribution < -0.4 is 5.32 Å². The van der Waals surface area contributed by atoms with E-state index < -0.39 is 0 Å². The molecule has 4 nitrogen and oxygen atoms in total. The van der Waals surface area contributed by atoms with E-state index in [0.717, 1.165) is 26.0 Å². The van der Waals surface area contributed by atoms with Crippen molar-refractivity contribution in [2.75, 3.05) is 26.4 Å². The van der Waals surface area contributed by atoms with Gasteiger partial charge in [-0.05, 0) is 26.7 Å². The predicted molar refractivity (Wildman–Crippen MR) is 54.9 cm³/mol. The van der Waals surface area contributed by atoms with E-state index >= 15 is 0 Å². The fourth-order valence-corrected chi connectivity index (χ4v) is 1.43. The topological polar surface area (TPSA) is 41.6 Å². The lowest BCUT2D eigenvalue weighted by Crippen LogP contribution is -2.27. The van der Waals surface area contributed by atoms with Crippen molar-refractivity contribution in [1.29, 1.82) is 0 Å². The molecule has 0 atom stereocenters. The quantitative estimate of drug-likeness (QED) is 0.638. The first-order chi connectivity index (χ1) is 6.70. The number of unbranched alkanes of at least 4 members (excludes halogenated alkanes) is 1. The maximum atomic E-state index is 11.2. The van der Waals surface area contributed by atoms with Gasteiger partial charge in [0.15, 0.2) is 0 Å². The van der Waals surface area contributed by atoms with Gasteiger partial charge in [-0.2, -0.15) is 0 Å². The Morgan fingerprint density at radius 2 is 2.29 bits per heavy atom. The number of ether oxygens (including phenoxy) is 1. The number of hydrogen-bond acceptors (Lipinski definition) is 3. The van der Waals surface area contributed by atoms with Crippen LogP contribution in [0.25, 0.3) is 0 Å². The number of nitrogens with zero attached hydrogens (tertiary/aromatic N) is 1. The first-order valence-electron chi connectivity index (χ1n) is 5.30. The number of carbonyl (C=O) groups excluding carboxylic acids is 1. The normalized spacial score (nSPS) is 17.1. The summed E-state index contributed by atoms with van der Waals surface area (Å²) in [5.41, 5.74) is 0. The summed E-state index contributed by atoms with van der Waals surface area (Å²) in [5.74, 6) is 0.217. The van der Waals surface area contributed by atoms with Gasteiger partial charge in [-0.3, -0.25) is 10.1 Å². The van der Waals surface area contributed by atoms with Crippen LogP contribution in [0.2, 0.25) is 0 Å². The monoisotopic (exact) mass is 200 g/mol. The van der Waals surface area contributed by atoms with E-state index in [9.17, 15) is 4.79 Å². The Hall–Kier alpha value is -0.610. The third kappa shape index (κ3) is 4.07. The molecule has 1 rings (SSSR count). The largest absolute Gasteiger partial charge is 0.379 e. The number of hydrogen-bond donors (Lipinski definition) is 1. The van der Waals surface area contributed by atoms with Crippen molar-refractivity contribution in [2.24, 2.45) is 0 Å². The van der Waals surface area contributed by atoms with E-state index in [1.165, 1.54) is 0 Å². The van der Waals surface area contributed by atoms with Crippen molar-refractivity contribution in [2.45, 2.75) is 32.8 Å². The number of nitrogens with one attached hydrogen (secondary N) is 1. The molecule has 0 radical (unpaired) electrons. The molecule has 0 spiro atoms. The first kappa shape index (κ1) is 11.5. The van der Waals surface area contributed by atoms with Gasteiger partial charge in [-0.25, -0.2) is 0 Å². The number of carbonyl (C=O) groups is 1. The zero-order valence-corrected chi connectivity index (χ0v) is 9.08. The summed E-state index contributed by atoms with van der Waals surface area (Å²) in [4.78, 5) is 13.0. The SMILES string of the molecule is CC(C)OCCCCN1CNCC1=O. The van der Waals surface area contributed by atoms with Gasteiger partial charge in [-0.15, -0.1) is 0 Å². The molecular formula is C10H20N2O2. The maximum absolute atomic E-state index is 11.2. The fourth-order valence-electron chi connectivity index (χ4n) is 1.43. The molecular weight excluding hydrogens is 180 g/mol. The van der Waals surface area contributed by atoms with Gasteiger partial charge < -0.3 is 9.64 Å². The highest BCUT2D eigenvalue weighted by atomic mass is 16.5. The third-order valence-corrected chi connectivity index (χ3v) is 2.21. The average Bonchev–Trinajstić information content (AvgIpc) is 2.51. The van der Waals surface area contributed by atoms with E-state index in [4.69, 9.17) is 4.74 Å². The molecule has 1 aliphatic rings. The molecule has 0 aromatic heterocycles. The van der Waals surface area contributed by atoms with Crippen molar-refractivity contribution < 1.29 is 9.53 Å². The van der Waals surface area contributed by atoms with Crippen molar-refractivity contribution >= 4 is 5.91 Å². The van der Waals surface area contributed by atoms with Crippen LogP contribution in [0.5, 0.6) is 0 Å². The zero-order chi connectivity index (χ0) is 10.4. The summed E-state index contributed by atoms with van der Waals surface area (Å²) in [5, 5.41) is 3.03. The van der Waals surface area contributed by atoms with Gasteiger partial charge in [0.1, 0.15) is 0 Å². The molecule has 1 amide bonds. The minimum Gasteiger partial charge on any atom is -0.379 e. The van der Waals surface area contributed by atoms with Crippen LogP contribution in [-0.4, -0.2) is 43.3 Å². The van der Waals surface area contributed by atoms with Gasteiger partial charge >= 0.3 is 0 Å². The van der Waals surface area contributed by atoms with Crippen LogP contribution in [0, 0.1) is 0 Å². The van der Waals surface area contributed by atoms with Crippen LogP contribution in [0.1, 0.15) is 26.7 Å². The van der Waals surface area contributed by atoms with Crippen molar-refractivity contribution in [1.82, 2.24) is 10.2 Å². The second kappa shape index (κ2) is 5.98. The molecule has 1 N–H and O–H groups in total. The Balaban J connectivity index is 1.96. The second-order valence-electron chi connectivity index (χ2n) is 3.87. The van der Waals surface area contributed by atoms with E-state index in [1.807, 2.05) is 18.7 Å². The lowest BCUT2D eigenvalue weighted by Gasteiger charge is -2.14. The van der Waals surface area contributed by atoms with Crippen LogP contribution in [0.15, 0.2) is 0 Å². The Kier molecular flexibility index (Phi) is 4.90. The molecule has 14 heavy (non-hydrogen) atoms. The number of rotatable bonds is 6. The van der Waals surface area contributed by atoms with Crippen LogP contribution in [0.3, 0.4) is 0 Å². The number of amides is 1. The van der Waals surface area contributed by atoms with Crippen LogP contribution >= 0.6 is 0 Å². The van der Waals surface area contributed by atoms with Gasteiger partial charge in [0.05, 0.1) is 19.3 Å². The smallest absolute Gasteiger partial charge is 0.237 e. The standard InChI is InChI=1S/C10H20N2O2/c1-9(2)14-6-4-3-5-12-8-11-7-10(12)13/h9,11H,3-8H2,1-2H3. The van der Waals surface area contributed by atoms with E-state index in [-0.39, 0.29) is 5.91 Å². The van der Waals surface area contributed by atoms with Gasteiger partial charge in [0.2, 0.25) is 5.91 Å². The molecule has 0 aliphatic carbocycles. The molecule has 4 heteroatoms. The van der Waals surface area contributed by atoms with E-state index in [2.05, 4.69) is 5.32 Å². The molecule has 82 valence electrons. The Bertz CT molecular complexity index is 183. The van der Waals surface area contributed by atoms with Crippen molar-refractivity contribution in [3.63, 3.8) is 0 Å². The summed E-state index contributed by atoms with van der Waals surface area (Å²) in [6, 6.07) is 0. The summed E-state index contributed by atoms with van der Waals surface area (Å²) in [6.45, 7) is 6.94. The zero-order valence-electron chi connectivity index (χ0n) is 9.08. The highest BCUT2D eigenvalue weighted by molar-refractivity contribution is 5.79. The third-order valence-electron chi connectivity index (χ3n) is 2.21. The molecule has 1 aliphatic heterocycles. The Morgan fingerprint density at radius 3 is 2.86 bits per heavy atom. The van der Waals surface area contributed by atoms with Crippen molar-refractivity contribution in [3.05, 3.63) is 0 Å². The second-order valence-corrected chi connectivity index (χ2v) is 3.87. The summed E-state index contributed by atoms with van der Waals surface area (Å²) in [6.07, 6.45) is 2.37. The first-order valence-corrected chi connectivity index (χ1v) is 5.30. The maximum Gasteiger partial charge on any atom is 0.237 e. The highest BCUT2D eigenvalue weighted by Crippen LogP contribution is 2.00. The van der Waals surface area contributed by atoms with Gasteiger partial charge in [0.25, 0.3) is 0 Å². The molecule has 0 unspecified atom stereocenters. The summed E-state index contributed by atoms with van der Waals surface area (Å²) >= 11 is 0. The minimum atomic E-state index is 0.217. The molecule has 0 saturated carbocycles. The lowest BCUT2D eigenvalue weighted by molar-refractivity contribution is -0.126. The minimum absolute atomic E-state index is 0.217. The molecule has 0 aromatic carbocycles. The fraction of sp³-hybridized carbons (Fsp3) is 0.900. The Morgan fingerprint density at radius 1 is 1.50 bits per heavy atom. The molecule has 1 fully saturated rings. The van der Waals surface area contributed by atoms with Crippen LogP contribution in [0.4, 0.5) is 0 Å². The molecule has 0 aromatic rings. The van der Waals surface area contributed by atoms with E-state index in [1.54, 1.807) is 0 Å². The lowest BCUT2D eigenvalue weighted by atomic mass is 10.3. The van der Waals surface area contributed by atoms with Crippen molar-refractivity contribution in [3.8, 4) is 0 Å². The molecule has 1 saturated heterocycles. The van der Waals surface area contributed by atoms with E-state index in [0.29, 0.717) is 19.3 Å². The van der Waals surface area contributed by atoms with Crippen LogP contribution in [-0.2, 0) is 9.53 Å². The van der Waals surface area contributed by atoms with Gasteiger partial charge in [-0.1, -0.05) is 0 Å². The highest BCUT2D eigenvalue weighted by Gasteiger charge is 2.18. The Labute approximate surface area is 85.6 Å². The van der Waals surface area contributed by atoms with Gasteiger partial charge in [0, 0.05) is 13.2 Å². The predicted octanol–water partition coefficient (Wildman–Crippen LogP) is 0.581. The summed E-state index contributed by atoms with van der Waals surface area (Å²) in [7, 11) is 0. The molecule has 1 heterocycles. The average molecular weight is 200 g/mol. The summed E-state index contributed by atoms with van der Waals surface area (Å²) < 4.78 is 5.41.